The third kappa shape index (κ3) is 3.51. The lowest BCUT2D eigenvalue weighted by molar-refractivity contribution is -0.125. The molecule has 0 aliphatic heterocycles. The zero-order valence-electron chi connectivity index (χ0n) is 12.7. The summed E-state index contributed by atoms with van der Waals surface area (Å²) >= 11 is 3.41. The van der Waals surface area contributed by atoms with E-state index in [1.54, 1.807) is 0 Å². The quantitative estimate of drug-likeness (QED) is 0.859. The fraction of sp³-hybridized carbons (Fsp3) is 0.529. The van der Waals surface area contributed by atoms with E-state index in [-0.39, 0.29) is 23.7 Å². The maximum Gasteiger partial charge on any atom is 0.228 e. The minimum absolute atomic E-state index is 0.0444. The molecule has 0 spiro atoms. The van der Waals surface area contributed by atoms with Crippen molar-refractivity contribution in [1.82, 2.24) is 5.32 Å². The van der Waals surface area contributed by atoms with Crippen LogP contribution in [0.5, 0.6) is 0 Å². The van der Waals surface area contributed by atoms with Gasteiger partial charge in [-0.1, -0.05) is 28.8 Å². The van der Waals surface area contributed by atoms with E-state index < -0.39 is 0 Å². The fourth-order valence-electron chi connectivity index (χ4n) is 3.15. The van der Waals surface area contributed by atoms with Gasteiger partial charge in [0.25, 0.3) is 0 Å². The Bertz CT molecular complexity index is 596. The third-order valence-corrected chi connectivity index (χ3v) is 5.11. The van der Waals surface area contributed by atoms with Crippen molar-refractivity contribution in [3.63, 3.8) is 0 Å². The number of aryl methyl sites for hydroxylation is 1. The Morgan fingerprint density at radius 3 is 2.50 bits per heavy atom. The monoisotopic (exact) mass is 364 g/mol. The van der Waals surface area contributed by atoms with Gasteiger partial charge < -0.3 is 10.6 Å². The topological polar surface area (TPSA) is 58.2 Å². The first-order valence-corrected chi connectivity index (χ1v) is 8.71. The lowest BCUT2D eigenvalue weighted by Gasteiger charge is -2.12. The van der Waals surface area contributed by atoms with E-state index in [9.17, 15) is 9.59 Å². The van der Waals surface area contributed by atoms with Crippen molar-refractivity contribution in [2.75, 3.05) is 5.32 Å². The van der Waals surface area contributed by atoms with Gasteiger partial charge in [0.15, 0.2) is 0 Å². The summed E-state index contributed by atoms with van der Waals surface area (Å²) < 4.78 is 0.989. The van der Waals surface area contributed by atoms with Gasteiger partial charge in [-0.3, -0.25) is 9.59 Å². The van der Waals surface area contributed by atoms with Gasteiger partial charge >= 0.3 is 0 Å². The van der Waals surface area contributed by atoms with Crippen LogP contribution >= 0.6 is 15.9 Å². The average molecular weight is 365 g/mol. The molecule has 2 aliphatic carbocycles. The lowest BCUT2D eigenvalue weighted by Crippen LogP contribution is -2.34. The Morgan fingerprint density at radius 2 is 1.82 bits per heavy atom. The molecule has 1 aromatic carbocycles. The first-order chi connectivity index (χ1) is 10.5. The molecule has 118 valence electrons. The Balaban J connectivity index is 1.52. The summed E-state index contributed by atoms with van der Waals surface area (Å²) in [5.74, 6) is -0.308. The van der Waals surface area contributed by atoms with Crippen LogP contribution < -0.4 is 10.6 Å². The van der Waals surface area contributed by atoms with Crippen molar-refractivity contribution < 1.29 is 9.59 Å². The van der Waals surface area contributed by atoms with E-state index in [0.29, 0.717) is 12.5 Å². The standard InChI is InChI=1S/C17H21BrN2O2/c1-10-8-11(18)6-7-15(10)20-17(22)14-9-13(14)16(21)19-12-4-2-3-5-12/h6-8,12-14H,2-5,9H2,1H3,(H,19,21)(H,20,22). The maximum atomic E-state index is 12.3. The summed E-state index contributed by atoms with van der Waals surface area (Å²) in [5, 5.41) is 6.02. The number of carbonyl (C=O) groups excluding carboxylic acids is 2. The molecule has 2 N–H and O–H groups in total. The zero-order chi connectivity index (χ0) is 15.7. The molecular weight excluding hydrogens is 344 g/mol. The molecule has 2 atom stereocenters. The Morgan fingerprint density at radius 1 is 1.14 bits per heavy atom. The Kier molecular flexibility index (Phi) is 4.52. The van der Waals surface area contributed by atoms with Crippen molar-refractivity contribution in [2.45, 2.75) is 45.1 Å². The van der Waals surface area contributed by atoms with Crippen molar-refractivity contribution in [1.29, 1.82) is 0 Å². The van der Waals surface area contributed by atoms with Crippen molar-refractivity contribution >= 4 is 33.4 Å². The van der Waals surface area contributed by atoms with Gasteiger partial charge in [-0.2, -0.15) is 0 Å². The van der Waals surface area contributed by atoms with Crippen LogP contribution in [0.25, 0.3) is 0 Å². The van der Waals surface area contributed by atoms with Gasteiger partial charge in [0, 0.05) is 16.2 Å². The summed E-state index contributed by atoms with van der Waals surface area (Å²) in [7, 11) is 0. The van der Waals surface area contributed by atoms with Crippen LogP contribution in [0.2, 0.25) is 0 Å². The van der Waals surface area contributed by atoms with Gasteiger partial charge in [-0.05, 0) is 49.9 Å². The SMILES string of the molecule is Cc1cc(Br)ccc1NC(=O)C1CC1C(=O)NC1CCCC1. The molecule has 0 radical (unpaired) electrons. The highest BCUT2D eigenvalue weighted by molar-refractivity contribution is 9.10. The molecule has 22 heavy (non-hydrogen) atoms. The minimum atomic E-state index is -0.176. The number of halogens is 1. The second-order valence-electron chi connectivity index (χ2n) is 6.39. The van der Waals surface area contributed by atoms with Crippen LogP contribution in [-0.2, 0) is 9.59 Å². The Labute approximate surface area is 139 Å². The van der Waals surface area contributed by atoms with Crippen LogP contribution in [0.4, 0.5) is 5.69 Å². The molecule has 0 bridgehead atoms. The zero-order valence-corrected chi connectivity index (χ0v) is 14.3. The summed E-state index contributed by atoms with van der Waals surface area (Å²) in [6.07, 6.45) is 5.21. The summed E-state index contributed by atoms with van der Waals surface area (Å²) in [6, 6.07) is 6.07. The third-order valence-electron chi connectivity index (χ3n) is 4.61. The van der Waals surface area contributed by atoms with E-state index >= 15 is 0 Å². The predicted molar refractivity (Wildman–Crippen MR) is 89.5 cm³/mol. The number of carbonyl (C=O) groups is 2. The molecule has 3 rings (SSSR count). The summed E-state index contributed by atoms with van der Waals surface area (Å²) in [4.78, 5) is 24.4. The highest BCUT2D eigenvalue weighted by atomic mass is 79.9. The second-order valence-corrected chi connectivity index (χ2v) is 7.30. The van der Waals surface area contributed by atoms with Crippen molar-refractivity contribution in [3.05, 3.63) is 28.2 Å². The number of benzene rings is 1. The first-order valence-electron chi connectivity index (χ1n) is 7.92. The molecule has 2 unspecified atom stereocenters. The molecule has 2 saturated carbocycles. The first kappa shape index (κ1) is 15.5. The van der Waals surface area contributed by atoms with Crippen molar-refractivity contribution in [3.8, 4) is 0 Å². The Hall–Kier alpha value is -1.36. The van der Waals surface area contributed by atoms with Crippen LogP contribution in [-0.4, -0.2) is 17.9 Å². The number of amides is 2. The number of anilines is 1. The van der Waals surface area contributed by atoms with Crippen LogP contribution in [0, 0.1) is 18.8 Å². The normalized spacial score (nSPS) is 24.1. The van der Waals surface area contributed by atoms with Crippen molar-refractivity contribution in [2.24, 2.45) is 11.8 Å². The van der Waals surface area contributed by atoms with Gasteiger partial charge in [-0.15, -0.1) is 0 Å². The lowest BCUT2D eigenvalue weighted by atomic mass is 10.2. The minimum Gasteiger partial charge on any atom is -0.353 e. The highest BCUT2D eigenvalue weighted by Gasteiger charge is 2.48. The predicted octanol–water partition coefficient (Wildman–Crippen LogP) is 3.39. The highest BCUT2D eigenvalue weighted by Crippen LogP contribution is 2.40. The molecule has 5 heteroatoms. The van der Waals surface area contributed by atoms with Crippen LogP contribution in [0.15, 0.2) is 22.7 Å². The molecule has 2 fully saturated rings. The molecular formula is C17H21BrN2O2. The van der Waals surface area contributed by atoms with E-state index in [2.05, 4.69) is 26.6 Å². The summed E-state index contributed by atoms with van der Waals surface area (Å²) in [5.41, 5.74) is 1.82. The maximum absolute atomic E-state index is 12.3. The van der Waals surface area contributed by atoms with Gasteiger partial charge in [-0.25, -0.2) is 0 Å². The van der Waals surface area contributed by atoms with E-state index in [1.807, 2.05) is 25.1 Å². The molecule has 0 heterocycles. The fourth-order valence-corrected chi connectivity index (χ4v) is 3.62. The van der Waals surface area contributed by atoms with Gasteiger partial charge in [0.1, 0.15) is 0 Å². The molecule has 1 aromatic rings. The smallest absolute Gasteiger partial charge is 0.228 e. The molecule has 2 amide bonds. The van der Waals surface area contributed by atoms with E-state index in [1.165, 1.54) is 12.8 Å². The largest absolute Gasteiger partial charge is 0.353 e. The second kappa shape index (κ2) is 6.41. The number of hydrogen-bond acceptors (Lipinski definition) is 2. The molecule has 0 saturated heterocycles. The molecule has 2 aliphatic rings. The van der Waals surface area contributed by atoms with E-state index in [4.69, 9.17) is 0 Å². The average Bonchev–Trinajstić information content (AvgIpc) is 3.13. The van der Waals surface area contributed by atoms with E-state index in [0.717, 1.165) is 28.6 Å². The van der Waals surface area contributed by atoms with Gasteiger partial charge in [0.05, 0.1) is 11.8 Å². The number of nitrogens with one attached hydrogen (secondary N) is 2. The molecule has 0 aromatic heterocycles. The number of hydrogen-bond donors (Lipinski definition) is 2. The summed E-state index contributed by atoms with van der Waals surface area (Å²) in [6.45, 7) is 1.96. The molecule has 4 nitrogen and oxygen atoms in total. The number of rotatable bonds is 4. The van der Waals surface area contributed by atoms with Crippen LogP contribution in [0.1, 0.15) is 37.7 Å². The van der Waals surface area contributed by atoms with Crippen LogP contribution in [0.3, 0.4) is 0 Å². The van der Waals surface area contributed by atoms with Gasteiger partial charge in [0.2, 0.25) is 11.8 Å².